The maximum absolute atomic E-state index is 13.3. The molecule has 1 N–H and O–H groups in total. The van der Waals surface area contributed by atoms with Crippen LogP contribution in [0.4, 0.5) is 4.39 Å². The van der Waals surface area contributed by atoms with E-state index >= 15 is 0 Å². The van der Waals surface area contributed by atoms with Crippen molar-refractivity contribution in [3.05, 3.63) is 57.3 Å². The van der Waals surface area contributed by atoms with Crippen molar-refractivity contribution in [2.45, 2.75) is 17.6 Å². The first kappa shape index (κ1) is 16.1. The van der Waals surface area contributed by atoms with Crippen molar-refractivity contribution < 1.29 is 17.9 Å². The summed E-state index contributed by atoms with van der Waals surface area (Å²) in [6, 6.07) is 6.34. The Labute approximate surface area is 131 Å². The lowest BCUT2D eigenvalue weighted by Gasteiger charge is -2.09. The molecule has 0 unspecified atom stereocenters. The lowest BCUT2D eigenvalue weighted by atomic mass is 10.1. The fourth-order valence-electron chi connectivity index (χ4n) is 1.97. The van der Waals surface area contributed by atoms with E-state index in [0.29, 0.717) is 5.56 Å². The first-order valence-corrected chi connectivity index (χ1v) is 8.27. The van der Waals surface area contributed by atoms with E-state index in [2.05, 4.69) is 0 Å². The first-order chi connectivity index (χ1) is 9.69. The molecule has 2 aromatic carbocycles. The predicted octanol–water partition coefficient (Wildman–Crippen LogP) is 4.12. The van der Waals surface area contributed by atoms with Gasteiger partial charge in [-0.25, -0.2) is 12.8 Å². The summed E-state index contributed by atoms with van der Waals surface area (Å²) in [5.41, 5.74) is 0.886. The van der Waals surface area contributed by atoms with Gasteiger partial charge in [-0.1, -0.05) is 29.3 Å². The number of aromatic hydroxyl groups is 1. The second-order valence-corrected chi connectivity index (χ2v) is 7.43. The molecular weight excluding hydrogens is 338 g/mol. The van der Waals surface area contributed by atoms with Crippen LogP contribution in [-0.2, 0) is 15.6 Å². The summed E-state index contributed by atoms with van der Waals surface area (Å²) in [5.74, 6) is -1.54. The molecule has 0 saturated heterocycles. The summed E-state index contributed by atoms with van der Waals surface area (Å²) in [6.07, 6.45) is 0. The minimum Gasteiger partial charge on any atom is -0.505 e. The molecule has 0 radical (unpaired) electrons. The molecule has 0 bridgehead atoms. The maximum Gasteiger partial charge on any atom is 0.186 e. The third-order valence-electron chi connectivity index (χ3n) is 2.79. The van der Waals surface area contributed by atoms with Crippen molar-refractivity contribution >= 4 is 33.0 Å². The van der Waals surface area contributed by atoms with E-state index in [4.69, 9.17) is 23.2 Å². The highest BCUT2D eigenvalue weighted by molar-refractivity contribution is 7.90. The average molecular weight is 349 g/mol. The molecule has 3 nitrogen and oxygen atoms in total. The van der Waals surface area contributed by atoms with Crippen LogP contribution in [-0.4, -0.2) is 13.5 Å². The van der Waals surface area contributed by atoms with Gasteiger partial charge in [-0.3, -0.25) is 0 Å². The monoisotopic (exact) mass is 348 g/mol. The van der Waals surface area contributed by atoms with Crippen molar-refractivity contribution in [3.63, 3.8) is 0 Å². The number of hydrogen-bond acceptors (Lipinski definition) is 3. The molecule has 2 rings (SSSR count). The van der Waals surface area contributed by atoms with Crippen LogP contribution in [0.5, 0.6) is 5.75 Å². The quantitative estimate of drug-likeness (QED) is 0.907. The molecule has 0 aromatic heterocycles. The van der Waals surface area contributed by atoms with Crippen LogP contribution < -0.4 is 0 Å². The summed E-state index contributed by atoms with van der Waals surface area (Å²) in [6.45, 7) is 1.66. The number of phenolic OH excluding ortho intramolecular Hbond substituents is 1. The number of halogens is 3. The zero-order valence-corrected chi connectivity index (χ0v) is 13.2. The number of benzene rings is 2. The van der Waals surface area contributed by atoms with E-state index in [1.807, 2.05) is 0 Å². The molecule has 21 heavy (non-hydrogen) atoms. The number of sulfone groups is 1. The van der Waals surface area contributed by atoms with Crippen molar-refractivity contribution in [2.24, 2.45) is 0 Å². The van der Waals surface area contributed by atoms with Crippen molar-refractivity contribution in [2.75, 3.05) is 0 Å². The lowest BCUT2D eigenvalue weighted by Crippen LogP contribution is -2.06. The largest absolute Gasteiger partial charge is 0.505 e. The maximum atomic E-state index is 13.3. The van der Waals surface area contributed by atoms with E-state index in [1.54, 1.807) is 13.0 Å². The van der Waals surface area contributed by atoms with Gasteiger partial charge in [0.1, 0.15) is 10.7 Å². The summed E-state index contributed by atoms with van der Waals surface area (Å²) >= 11 is 11.5. The Bertz CT molecular complexity index is 784. The Hall–Kier alpha value is -1.30. The molecular formula is C14H11Cl2FO3S. The highest BCUT2D eigenvalue weighted by Crippen LogP contribution is 2.35. The molecule has 0 spiro atoms. The zero-order chi connectivity index (χ0) is 15.8. The third-order valence-corrected chi connectivity index (χ3v) is 4.99. The van der Waals surface area contributed by atoms with Gasteiger partial charge in [-0.2, -0.15) is 0 Å². The average Bonchev–Trinajstić information content (AvgIpc) is 2.31. The Morgan fingerprint density at radius 3 is 2.43 bits per heavy atom. The van der Waals surface area contributed by atoms with Gasteiger partial charge in [0.05, 0.1) is 10.8 Å². The molecule has 0 heterocycles. The predicted molar refractivity (Wildman–Crippen MR) is 80.2 cm³/mol. The molecule has 0 saturated carbocycles. The van der Waals surface area contributed by atoms with Crippen LogP contribution in [0.15, 0.2) is 35.2 Å². The Kier molecular flexibility index (Phi) is 4.46. The van der Waals surface area contributed by atoms with E-state index < -0.39 is 27.2 Å². The smallest absolute Gasteiger partial charge is 0.186 e. The molecule has 0 fully saturated rings. The SMILES string of the molecule is Cc1cc(F)cc(CS(=O)(=O)c2cc(Cl)cc(Cl)c2O)c1. The van der Waals surface area contributed by atoms with Gasteiger partial charge < -0.3 is 5.11 Å². The minimum absolute atomic E-state index is 0.0896. The van der Waals surface area contributed by atoms with Crippen molar-refractivity contribution in [1.82, 2.24) is 0 Å². The summed E-state index contributed by atoms with van der Waals surface area (Å²) < 4.78 is 38.0. The normalized spacial score (nSPS) is 11.6. The van der Waals surface area contributed by atoms with Gasteiger partial charge in [0.15, 0.2) is 15.6 Å². The molecule has 0 aliphatic heterocycles. The zero-order valence-electron chi connectivity index (χ0n) is 10.9. The van der Waals surface area contributed by atoms with Crippen molar-refractivity contribution in [1.29, 1.82) is 0 Å². The van der Waals surface area contributed by atoms with Crippen LogP contribution in [0.25, 0.3) is 0 Å². The van der Waals surface area contributed by atoms with E-state index in [0.717, 1.165) is 12.1 Å². The highest BCUT2D eigenvalue weighted by Gasteiger charge is 2.22. The topological polar surface area (TPSA) is 54.4 Å². The van der Waals surface area contributed by atoms with Crippen LogP contribution in [0.3, 0.4) is 0 Å². The molecule has 112 valence electrons. The van der Waals surface area contributed by atoms with Crippen LogP contribution in [0, 0.1) is 12.7 Å². The fraction of sp³-hybridized carbons (Fsp3) is 0.143. The van der Waals surface area contributed by atoms with Crippen LogP contribution in [0.1, 0.15) is 11.1 Å². The molecule has 0 aliphatic rings. The molecule has 0 aliphatic carbocycles. The Morgan fingerprint density at radius 2 is 1.81 bits per heavy atom. The lowest BCUT2D eigenvalue weighted by molar-refractivity contribution is 0.459. The molecule has 2 aromatic rings. The van der Waals surface area contributed by atoms with Crippen LogP contribution >= 0.6 is 23.2 Å². The summed E-state index contributed by atoms with van der Waals surface area (Å²) in [4.78, 5) is -0.373. The fourth-order valence-corrected chi connectivity index (χ4v) is 4.06. The first-order valence-electron chi connectivity index (χ1n) is 5.86. The second kappa shape index (κ2) is 5.83. The van der Waals surface area contributed by atoms with Crippen molar-refractivity contribution in [3.8, 4) is 5.75 Å². The van der Waals surface area contributed by atoms with Gasteiger partial charge in [0.25, 0.3) is 0 Å². The standard InChI is InChI=1S/C14H11Cl2FO3S/c1-8-2-9(4-11(17)3-8)7-21(19,20)13-6-10(15)5-12(16)14(13)18/h2-6,18H,7H2,1H3. The van der Waals surface area contributed by atoms with Gasteiger partial charge in [0.2, 0.25) is 0 Å². The Morgan fingerprint density at radius 1 is 1.14 bits per heavy atom. The van der Waals surface area contributed by atoms with Gasteiger partial charge >= 0.3 is 0 Å². The number of aryl methyl sites for hydroxylation is 1. The number of hydrogen-bond donors (Lipinski definition) is 1. The minimum atomic E-state index is -3.91. The summed E-state index contributed by atoms with van der Waals surface area (Å²) in [5, 5.41) is 9.73. The second-order valence-electron chi connectivity index (χ2n) is 4.63. The molecule has 0 atom stereocenters. The highest BCUT2D eigenvalue weighted by atomic mass is 35.5. The summed E-state index contributed by atoms with van der Waals surface area (Å²) in [7, 11) is -3.91. The van der Waals surface area contributed by atoms with Crippen LogP contribution in [0.2, 0.25) is 10.0 Å². The van der Waals surface area contributed by atoms with Gasteiger partial charge in [-0.15, -0.1) is 0 Å². The number of rotatable bonds is 3. The van der Waals surface area contributed by atoms with Gasteiger partial charge in [-0.05, 0) is 42.3 Å². The third kappa shape index (κ3) is 3.67. The van der Waals surface area contributed by atoms with E-state index in [1.165, 1.54) is 12.1 Å². The Balaban J connectivity index is 2.48. The molecule has 7 heteroatoms. The van der Waals surface area contributed by atoms with Gasteiger partial charge in [0, 0.05) is 5.02 Å². The molecule has 0 amide bonds. The number of phenols is 1. The van der Waals surface area contributed by atoms with E-state index in [9.17, 15) is 17.9 Å². The van der Waals surface area contributed by atoms with E-state index in [-0.39, 0.29) is 20.5 Å².